The first-order valence-electron chi connectivity index (χ1n) is 6.82. The van der Waals surface area contributed by atoms with Crippen molar-refractivity contribution in [3.63, 3.8) is 0 Å². The Hall–Kier alpha value is -1.50. The summed E-state index contributed by atoms with van der Waals surface area (Å²) in [6, 6.07) is 5.86. The highest BCUT2D eigenvalue weighted by molar-refractivity contribution is 5.85. The van der Waals surface area contributed by atoms with Gasteiger partial charge in [0.25, 0.3) is 0 Å². The second kappa shape index (κ2) is 6.98. The molecule has 7 heteroatoms. The molecule has 1 unspecified atom stereocenters. The van der Waals surface area contributed by atoms with Crippen molar-refractivity contribution in [3.8, 4) is 11.5 Å². The molecule has 1 amide bonds. The number of hydrogen-bond donors (Lipinski definition) is 2. The molecule has 0 spiro atoms. The molecule has 21 heavy (non-hydrogen) atoms. The highest BCUT2D eigenvalue weighted by atomic mass is 35.5. The average Bonchev–Trinajstić information content (AvgIpc) is 2.94. The van der Waals surface area contributed by atoms with Gasteiger partial charge < -0.3 is 20.1 Å². The molecule has 1 saturated heterocycles. The van der Waals surface area contributed by atoms with Crippen molar-refractivity contribution in [1.82, 2.24) is 15.5 Å². The minimum atomic E-state index is -0.136. The van der Waals surface area contributed by atoms with Crippen molar-refractivity contribution in [2.45, 2.75) is 12.6 Å². The fraction of sp³-hybridized carbons (Fsp3) is 0.500. The van der Waals surface area contributed by atoms with E-state index in [0.717, 1.165) is 31.1 Å². The fourth-order valence-corrected chi connectivity index (χ4v) is 2.60. The Morgan fingerprint density at radius 3 is 3.05 bits per heavy atom. The van der Waals surface area contributed by atoms with Gasteiger partial charge in [-0.05, 0) is 17.7 Å². The van der Waals surface area contributed by atoms with Crippen LogP contribution in [0.15, 0.2) is 18.2 Å². The smallest absolute Gasteiger partial charge is 0.238 e. The Labute approximate surface area is 130 Å². The summed E-state index contributed by atoms with van der Waals surface area (Å²) < 4.78 is 10.7. The van der Waals surface area contributed by atoms with E-state index in [0.29, 0.717) is 13.3 Å². The number of carbonyl (C=O) groups excluding carboxylic acids is 1. The Balaban J connectivity index is 0.00000161. The summed E-state index contributed by atoms with van der Waals surface area (Å²) in [6.45, 7) is 3.58. The van der Waals surface area contributed by atoms with Crippen molar-refractivity contribution >= 4 is 18.3 Å². The average molecular weight is 314 g/mol. The summed E-state index contributed by atoms with van der Waals surface area (Å²) in [6.07, 6.45) is 0. The van der Waals surface area contributed by atoms with Gasteiger partial charge in [0.2, 0.25) is 12.7 Å². The molecule has 3 rings (SSSR count). The van der Waals surface area contributed by atoms with Crippen LogP contribution in [0, 0.1) is 0 Å². The topological polar surface area (TPSA) is 62.8 Å². The maximum absolute atomic E-state index is 11.7. The zero-order valence-corrected chi connectivity index (χ0v) is 12.7. The second-order valence-electron chi connectivity index (χ2n) is 5.04. The molecule has 1 aromatic carbocycles. The highest BCUT2D eigenvalue weighted by Crippen LogP contribution is 2.32. The first-order valence-corrected chi connectivity index (χ1v) is 6.82. The van der Waals surface area contributed by atoms with Gasteiger partial charge >= 0.3 is 0 Å². The van der Waals surface area contributed by atoms with Crippen LogP contribution in [-0.4, -0.2) is 50.3 Å². The van der Waals surface area contributed by atoms with E-state index in [-0.39, 0.29) is 24.4 Å². The second-order valence-corrected chi connectivity index (χ2v) is 5.04. The van der Waals surface area contributed by atoms with E-state index < -0.39 is 0 Å². The van der Waals surface area contributed by atoms with Gasteiger partial charge in [0.15, 0.2) is 11.5 Å². The maximum Gasteiger partial charge on any atom is 0.238 e. The van der Waals surface area contributed by atoms with Gasteiger partial charge in [0.1, 0.15) is 0 Å². The molecule has 6 nitrogen and oxygen atoms in total. The predicted octanol–water partition coefficient (Wildman–Crippen LogP) is 0.357. The normalized spacial score (nSPS) is 20.7. The number of carbonyl (C=O) groups is 1. The number of nitrogens with one attached hydrogen (secondary N) is 2. The summed E-state index contributed by atoms with van der Waals surface area (Å²) >= 11 is 0. The molecule has 1 fully saturated rings. The van der Waals surface area contributed by atoms with Crippen LogP contribution >= 0.6 is 12.4 Å². The molecule has 1 atom stereocenters. The molecule has 0 saturated carbocycles. The molecule has 2 heterocycles. The van der Waals surface area contributed by atoms with Crippen molar-refractivity contribution in [1.29, 1.82) is 0 Å². The van der Waals surface area contributed by atoms with Crippen LogP contribution in [0.4, 0.5) is 0 Å². The van der Waals surface area contributed by atoms with Gasteiger partial charge in [-0.1, -0.05) is 6.07 Å². The van der Waals surface area contributed by atoms with Crippen molar-refractivity contribution in [2.24, 2.45) is 0 Å². The third kappa shape index (κ3) is 3.58. The third-order valence-electron chi connectivity index (χ3n) is 3.67. The highest BCUT2D eigenvalue weighted by Gasteiger charge is 2.24. The number of rotatable bonds is 3. The summed E-state index contributed by atoms with van der Waals surface area (Å²) in [4.78, 5) is 14.0. The van der Waals surface area contributed by atoms with Crippen LogP contribution in [0.5, 0.6) is 11.5 Å². The quantitative estimate of drug-likeness (QED) is 0.843. The summed E-state index contributed by atoms with van der Waals surface area (Å²) in [7, 11) is 1.67. The number of amides is 1. The minimum Gasteiger partial charge on any atom is -0.454 e. The van der Waals surface area contributed by atoms with Crippen LogP contribution in [0.3, 0.4) is 0 Å². The third-order valence-corrected chi connectivity index (χ3v) is 3.67. The number of fused-ring (bicyclic) bond motifs is 1. The van der Waals surface area contributed by atoms with Crippen molar-refractivity contribution < 1.29 is 14.3 Å². The van der Waals surface area contributed by atoms with E-state index in [4.69, 9.17) is 9.47 Å². The molecule has 0 bridgehead atoms. The van der Waals surface area contributed by atoms with Gasteiger partial charge in [-0.25, -0.2) is 0 Å². The van der Waals surface area contributed by atoms with Crippen LogP contribution in [-0.2, 0) is 11.3 Å². The molecule has 116 valence electrons. The lowest BCUT2D eigenvalue weighted by atomic mass is 10.1. The number of halogens is 1. The lowest BCUT2D eigenvalue weighted by Gasteiger charge is -2.32. The van der Waals surface area contributed by atoms with Crippen LogP contribution < -0.4 is 20.1 Å². The van der Waals surface area contributed by atoms with Crippen LogP contribution in [0.25, 0.3) is 0 Å². The van der Waals surface area contributed by atoms with Crippen molar-refractivity contribution in [2.75, 3.05) is 33.5 Å². The summed E-state index contributed by atoms with van der Waals surface area (Å²) in [5, 5.41) is 5.92. The SMILES string of the molecule is CNC(=O)C1CN(Cc2ccc3c(c2)OCO3)CCN1.Cl. The van der Waals surface area contributed by atoms with Crippen LogP contribution in [0.2, 0.25) is 0 Å². The Bertz CT molecular complexity index is 512. The van der Waals surface area contributed by atoms with Gasteiger partial charge in [-0.2, -0.15) is 0 Å². The molecular weight excluding hydrogens is 294 g/mol. The predicted molar refractivity (Wildman–Crippen MR) is 80.9 cm³/mol. The maximum atomic E-state index is 11.7. The van der Waals surface area contributed by atoms with E-state index in [2.05, 4.69) is 15.5 Å². The lowest BCUT2D eigenvalue weighted by Crippen LogP contribution is -2.56. The molecule has 1 aromatic rings. The zero-order valence-electron chi connectivity index (χ0n) is 11.9. The first kappa shape index (κ1) is 15.9. The number of hydrogen-bond acceptors (Lipinski definition) is 5. The summed E-state index contributed by atoms with van der Waals surface area (Å²) in [5.74, 6) is 1.65. The van der Waals surface area contributed by atoms with Gasteiger partial charge in [-0.3, -0.25) is 9.69 Å². The lowest BCUT2D eigenvalue weighted by molar-refractivity contribution is -0.123. The molecule has 0 radical (unpaired) electrons. The minimum absolute atomic E-state index is 0. The summed E-state index contributed by atoms with van der Waals surface area (Å²) in [5.41, 5.74) is 1.17. The number of piperazine rings is 1. The Kier molecular flexibility index (Phi) is 5.27. The monoisotopic (exact) mass is 313 g/mol. The number of ether oxygens (including phenoxy) is 2. The molecule has 2 N–H and O–H groups in total. The van der Waals surface area contributed by atoms with Gasteiger partial charge in [0.05, 0.1) is 6.04 Å². The molecule has 0 aromatic heterocycles. The van der Waals surface area contributed by atoms with E-state index >= 15 is 0 Å². The van der Waals surface area contributed by atoms with E-state index in [1.54, 1.807) is 7.05 Å². The van der Waals surface area contributed by atoms with Crippen LogP contribution in [0.1, 0.15) is 5.56 Å². The first-order chi connectivity index (χ1) is 9.76. The largest absolute Gasteiger partial charge is 0.454 e. The number of benzene rings is 1. The van der Waals surface area contributed by atoms with E-state index in [9.17, 15) is 4.79 Å². The number of nitrogens with zero attached hydrogens (tertiary/aromatic N) is 1. The van der Waals surface area contributed by atoms with Gasteiger partial charge in [-0.15, -0.1) is 12.4 Å². The molecule has 2 aliphatic heterocycles. The van der Waals surface area contributed by atoms with Gasteiger partial charge in [0, 0.05) is 33.2 Å². The molecule has 0 aliphatic carbocycles. The number of likely N-dealkylation sites (N-methyl/N-ethyl adjacent to an activating group) is 1. The zero-order chi connectivity index (χ0) is 13.9. The van der Waals surface area contributed by atoms with Crippen molar-refractivity contribution in [3.05, 3.63) is 23.8 Å². The molecule has 2 aliphatic rings. The standard InChI is InChI=1S/C14H19N3O3.ClH/c1-15-14(18)11-8-17(5-4-16-11)7-10-2-3-12-13(6-10)20-9-19-12;/h2-3,6,11,16H,4-5,7-9H2,1H3,(H,15,18);1H. The van der Waals surface area contributed by atoms with E-state index in [1.165, 1.54) is 5.56 Å². The Morgan fingerprint density at radius 2 is 2.24 bits per heavy atom. The Morgan fingerprint density at radius 1 is 1.43 bits per heavy atom. The van der Waals surface area contributed by atoms with E-state index in [1.807, 2.05) is 18.2 Å². The molecular formula is C14H20ClN3O3. The fourth-order valence-electron chi connectivity index (χ4n) is 2.60.